The Kier molecular flexibility index (Phi) is 4.52. The van der Waals surface area contributed by atoms with Crippen LogP contribution in [0.2, 0.25) is 0 Å². The van der Waals surface area contributed by atoms with E-state index in [1.165, 1.54) is 22.3 Å². The van der Waals surface area contributed by atoms with Gasteiger partial charge in [0.15, 0.2) is 0 Å². The van der Waals surface area contributed by atoms with Crippen molar-refractivity contribution in [3.05, 3.63) is 103 Å². The molecule has 3 heteroatoms. The molecule has 3 nitrogen and oxygen atoms in total. The normalized spacial score (nSPS) is 10.7. The van der Waals surface area contributed by atoms with Gasteiger partial charge in [0.25, 0.3) is 0 Å². The standard InChI is InChI=1S/C23H21N3/c1-18-10-12-19(13-11-18)16-26-17-24-15-23(26)25-22-9-5-8-21(14-22)20-6-3-2-4-7-20/h2-15,17,25H,16H2,1H3. The molecule has 0 spiro atoms. The maximum Gasteiger partial charge on any atom is 0.130 e. The van der Waals surface area contributed by atoms with Crippen LogP contribution < -0.4 is 5.32 Å². The van der Waals surface area contributed by atoms with E-state index in [0.29, 0.717) is 0 Å². The van der Waals surface area contributed by atoms with Gasteiger partial charge in [0.1, 0.15) is 5.82 Å². The molecule has 0 aliphatic carbocycles. The molecule has 0 aliphatic heterocycles. The van der Waals surface area contributed by atoms with Crippen molar-refractivity contribution in [1.82, 2.24) is 9.55 Å². The lowest BCUT2D eigenvalue weighted by Gasteiger charge is -2.12. The summed E-state index contributed by atoms with van der Waals surface area (Å²) in [5.74, 6) is 0.982. The SMILES string of the molecule is Cc1ccc(Cn2cncc2Nc2cccc(-c3ccccc3)c2)cc1. The van der Waals surface area contributed by atoms with E-state index in [1.807, 2.05) is 18.6 Å². The van der Waals surface area contributed by atoms with Crippen LogP contribution in [-0.2, 0) is 6.54 Å². The van der Waals surface area contributed by atoms with Crippen molar-refractivity contribution in [2.24, 2.45) is 0 Å². The third-order valence-electron chi connectivity index (χ3n) is 4.43. The molecule has 4 aromatic rings. The van der Waals surface area contributed by atoms with Crippen LogP contribution in [0.1, 0.15) is 11.1 Å². The van der Waals surface area contributed by atoms with E-state index in [4.69, 9.17) is 0 Å². The highest BCUT2D eigenvalue weighted by atomic mass is 15.2. The van der Waals surface area contributed by atoms with Crippen LogP contribution in [0.5, 0.6) is 0 Å². The summed E-state index contributed by atoms with van der Waals surface area (Å²) in [7, 11) is 0. The second-order valence-corrected chi connectivity index (χ2v) is 6.46. The number of hydrogen-bond donors (Lipinski definition) is 1. The quantitative estimate of drug-likeness (QED) is 0.509. The zero-order valence-corrected chi connectivity index (χ0v) is 14.8. The Morgan fingerprint density at radius 3 is 2.42 bits per heavy atom. The van der Waals surface area contributed by atoms with Gasteiger partial charge in [-0.05, 0) is 35.7 Å². The molecule has 0 saturated heterocycles. The van der Waals surface area contributed by atoms with Crippen molar-refractivity contribution in [2.75, 3.05) is 5.32 Å². The van der Waals surface area contributed by atoms with Crippen molar-refractivity contribution in [2.45, 2.75) is 13.5 Å². The second-order valence-electron chi connectivity index (χ2n) is 6.46. The summed E-state index contributed by atoms with van der Waals surface area (Å²) in [6.07, 6.45) is 3.73. The lowest BCUT2D eigenvalue weighted by Crippen LogP contribution is -2.03. The van der Waals surface area contributed by atoms with Gasteiger partial charge in [-0.1, -0.05) is 72.3 Å². The molecule has 0 aliphatic rings. The van der Waals surface area contributed by atoms with Gasteiger partial charge in [0.05, 0.1) is 19.1 Å². The maximum atomic E-state index is 4.31. The van der Waals surface area contributed by atoms with Gasteiger partial charge in [-0.15, -0.1) is 0 Å². The fraction of sp³-hybridized carbons (Fsp3) is 0.0870. The van der Waals surface area contributed by atoms with Gasteiger partial charge in [-0.25, -0.2) is 4.98 Å². The third-order valence-corrected chi connectivity index (χ3v) is 4.43. The topological polar surface area (TPSA) is 29.9 Å². The van der Waals surface area contributed by atoms with E-state index in [9.17, 15) is 0 Å². The van der Waals surface area contributed by atoms with Crippen molar-refractivity contribution in [1.29, 1.82) is 0 Å². The number of nitrogens with zero attached hydrogens (tertiary/aromatic N) is 2. The summed E-state index contributed by atoms with van der Waals surface area (Å²) >= 11 is 0. The number of aromatic nitrogens is 2. The fourth-order valence-corrected chi connectivity index (χ4v) is 3.00. The number of benzene rings is 3. The predicted octanol–water partition coefficient (Wildman–Crippen LogP) is 5.65. The molecular formula is C23H21N3. The fourth-order valence-electron chi connectivity index (χ4n) is 3.00. The molecular weight excluding hydrogens is 318 g/mol. The molecule has 128 valence electrons. The van der Waals surface area contributed by atoms with Gasteiger partial charge >= 0.3 is 0 Å². The van der Waals surface area contributed by atoms with Crippen LogP contribution in [0.15, 0.2) is 91.4 Å². The highest BCUT2D eigenvalue weighted by Crippen LogP contribution is 2.24. The van der Waals surface area contributed by atoms with Crippen molar-refractivity contribution in [3.8, 4) is 11.1 Å². The minimum Gasteiger partial charge on any atom is -0.340 e. The summed E-state index contributed by atoms with van der Waals surface area (Å²) in [6.45, 7) is 2.90. The first-order chi connectivity index (χ1) is 12.8. The largest absolute Gasteiger partial charge is 0.340 e. The van der Waals surface area contributed by atoms with E-state index in [-0.39, 0.29) is 0 Å². The Bertz CT molecular complexity index is 985. The Labute approximate surface area is 154 Å². The monoisotopic (exact) mass is 339 g/mol. The molecule has 4 rings (SSSR count). The number of aryl methyl sites for hydroxylation is 1. The van der Waals surface area contributed by atoms with Gasteiger partial charge in [0.2, 0.25) is 0 Å². The summed E-state index contributed by atoms with van der Waals surface area (Å²) in [6, 6.07) is 27.5. The molecule has 0 amide bonds. The minimum absolute atomic E-state index is 0.793. The van der Waals surface area contributed by atoms with Crippen LogP contribution >= 0.6 is 0 Å². The maximum absolute atomic E-state index is 4.31. The van der Waals surface area contributed by atoms with Crippen LogP contribution in [-0.4, -0.2) is 9.55 Å². The smallest absolute Gasteiger partial charge is 0.130 e. The molecule has 1 heterocycles. The number of hydrogen-bond acceptors (Lipinski definition) is 2. The Morgan fingerprint density at radius 2 is 1.62 bits per heavy atom. The van der Waals surface area contributed by atoms with Crippen LogP contribution in [0.25, 0.3) is 11.1 Å². The molecule has 1 N–H and O–H groups in total. The van der Waals surface area contributed by atoms with Gasteiger partial charge in [-0.3, -0.25) is 0 Å². The summed E-state index contributed by atoms with van der Waals surface area (Å²) in [5.41, 5.74) is 5.99. The van der Waals surface area contributed by atoms with Gasteiger partial charge in [0, 0.05) is 5.69 Å². The lowest BCUT2D eigenvalue weighted by molar-refractivity contribution is 0.805. The van der Waals surface area contributed by atoms with E-state index in [2.05, 4.69) is 94.6 Å². The number of anilines is 2. The lowest BCUT2D eigenvalue weighted by atomic mass is 10.1. The average molecular weight is 339 g/mol. The molecule has 0 fully saturated rings. The molecule has 0 unspecified atom stereocenters. The van der Waals surface area contributed by atoms with E-state index in [0.717, 1.165) is 18.1 Å². The van der Waals surface area contributed by atoms with Crippen LogP contribution in [0, 0.1) is 6.92 Å². The number of rotatable bonds is 5. The first kappa shape index (κ1) is 16.2. The predicted molar refractivity (Wildman–Crippen MR) is 108 cm³/mol. The molecule has 1 aromatic heterocycles. The zero-order valence-electron chi connectivity index (χ0n) is 14.8. The molecule has 3 aromatic carbocycles. The molecule has 0 radical (unpaired) electrons. The third kappa shape index (κ3) is 3.67. The van der Waals surface area contributed by atoms with E-state index in [1.54, 1.807) is 0 Å². The highest BCUT2D eigenvalue weighted by molar-refractivity contribution is 5.70. The molecule has 0 atom stereocenters. The average Bonchev–Trinajstić information content (AvgIpc) is 3.11. The van der Waals surface area contributed by atoms with E-state index >= 15 is 0 Å². The van der Waals surface area contributed by atoms with Gasteiger partial charge < -0.3 is 9.88 Å². The Morgan fingerprint density at radius 1 is 0.846 bits per heavy atom. The molecule has 0 saturated carbocycles. The van der Waals surface area contributed by atoms with Crippen molar-refractivity contribution < 1.29 is 0 Å². The first-order valence-electron chi connectivity index (χ1n) is 8.76. The molecule has 26 heavy (non-hydrogen) atoms. The van der Waals surface area contributed by atoms with E-state index < -0.39 is 0 Å². The first-order valence-corrected chi connectivity index (χ1v) is 8.76. The van der Waals surface area contributed by atoms with Crippen molar-refractivity contribution in [3.63, 3.8) is 0 Å². The second kappa shape index (κ2) is 7.28. The number of imidazole rings is 1. The molecule has 0 bridgehead atoms. The Balaban J connectivity index is 1.55. The zero-order chi connectivity index (χ0) is 17.8. The summed E-state index contributed by atoms with van der Waals surface area (Å²) in [5, 5.41) is 3.49. The highest BCUT2D eigenvalue weighted by Gasteiger charge is 2.05. The minimum atomic E-state index is 0.793. The summed E-state index contributed by atoms with van der Waals surface area (Å²) in [4.78, 5) is 4.31. The Hall–Kier alpha value is -3.33. The van der Waals surface area contributed by atoms with Crippen LogP contribution in [0.4, 0.5) is 11.5 Å². The van der Waals surface area contributed by atoms with Crippen LogP contribution in [0.3, 0.4) is 0 Å². The summed E-state index contributed by atoms with van der Waals surface area (Å²) < 4.78 is 2.12. The number of nitrogens with one attached hydrogen (secondary N) is 1. The van der Waals surface area contributed by atoms with Crippen molar-refractivity contribution >= 4 is 11.5 Å². The van der Waals surface area contributed by atoms with Gasteiger partial charge in [-0.2, -0.15) is 0 Å².